The quantitative estimate of drug-likeness (QED) is 0.218. The number of carbonyl (C=O) groups excluding carboxylic acids is 1. The van der Waals surface area contributed by atoms with Crippen molar-refractivity contribution in [3.8, 4) is 23.1 Å². The summed E-state index contributed by atoms with van der Waals surface area (Å²) in [6, 6.07) is 10.8. The Morgan fingerprint density at radius 2 is 1.93 bits per heavy atom. The molecule has 0 radical (unpaired) electrons. The van der Waals surface area contributed by atoms with E-state index in [0.717, 1.165) is 42.0 Å². The third-order valence-electron chi connectivity index (χ3n) is 8.93. The van der Waals surface area contributed by atoms with Gasteiger partial charge < -0.3 is 39.6 Å². The minimum absolute atomic E-state index is 0.0110. The summed E-state index contributed by atoms with van der Waals surface area (Å²) in [5.41, 5.74) is 6.48. The molecule has 3 heterocycles. The van der Waals surface area contributed by atoms with Gasteiger partial charge in [0, 0.05) is 55.1 Å². The smallest absolute Gasteiger partial charge is 0.308 e. The van der Waals surface area contributed by atoms with Gasteiger partial charge >= 0.3 is 5.97 Å². The van der Waals surface area contributed by atoms with Crippen LogP contribution in [0.15, 0.2) is 42.6 Å². The van der Waals surface area contributed by atoms with Crippen LogP contribution in [0.25, 0.3) is 10.8 Å². The Labute approximate surface area is 258 Å². The van der Waals surface area contributed by atoms with Gasteiger partial charge in [0.25, 0.3) is 0 Å². The van der Waals surface area contributed by atoms with E-state index in [9.17, 15) is 19.8 Å². The number of hydrogen-bond acceptors (Lipinski definition) is 8. The van der Waals surface area contributed by atoms with Crippen molar-refractivity contribution in [3.05, 3.63) is 48.2 Å². The summed E-state index contributed by atoms with van der Waals surface area (Å²) in [6.45, 7) is 4.91. The number of benzene rings is 2. The van der Waals surface area contributed by atoms with E-state index in [1.807, 2.05) is 52.4 Å². The second-order valence-electron chi connectivity index (χ2n) is 11.7. The molecule has 3 atom stereocenters. The third kappa shape index (κ3) is 6.58. The molecule has 1 aromatic heterocycles. The number of aromatic nitrogens is 1. The van der Waals surface area contributed by atoms with Crippen molar-refractivity contribution in [2.75, 3.05) is 46.6 Å². The van der Waals surface area contributed by atoms with Gasteiger partial charge in [-0.15, -0.1) is 0 Å². The number of aryl methyl sites for hydroxylation is 1. The number of aliphatic carboxylic acids is 1. The number of carboxylic acid groups (broad SMARTS) is 1. The summed E-state index contributed by atoms with van der Waals surface area (Å²) in [5.74, 6) is -0.514. The largest absolute Gasteiger partial charge is 0.494 e. The van der Waals surface area contributed by atoms with E-state index in [1.165, 1.54) is 0 Å². The fraction of sp³-hybridized carbons (Fsp3) is 0.515. The highest BCUT2D eigenvalue weighted by atomic mass is 16.7. The first kappa shape index (κ1) is 31.5. The maximum absolute atomic E-state index is 13.8. The van der Waals surface area contributed by atoms with Gasteiger partial charge in [-0.25, -0.2) is 0 Å². The number of hydrogen-bond donors (Lipinski definition) is 3. The maximum Gasteiger partial charge on any atom is 0.308 e. The van der Waals surface area contributed by atoms with Gasteiger partial charge in [-0.3, -0.25) is 14.5 Å². The second kappa shape index (κ2) is 14.2. The number of methoxy groups -OCH3 is 1. The van der Waals surface area contributed by atoms with Gasteiger partial charge in [0.2, 0.25) is 18.4 Å². The zero-order valence-corrected chi connectivity index (χ0v) is 25.6. The summed E-state index contributed by atoms with van der Waals surface area (Å²) < 4.78 is 18.6. The topological polar surface area (TPSA) is 140 Å². The number of carboxylic acids is 1. The first-order valence-electron chi connectivity index (χ1n) is 15.5. The molecule has 0 aliphatic carbocycles. The van der Waals surface area contributed by atoms with Gasteiger partial charge in [-0.05, 0) is 56.0 Å². The van der Waals surface area contributed by atoms with E-state index in [0.29, 0.717) is 56.4 Å². The number of rotatable bonds is 15. The highest BCUT2D eigenvalue weighted by Gasteiger charge is 2.47. The molecular formula is C33H44N4O7. The summed E-state index contributed by atoms with van der Waals surface area (Å²) >= 11 is 0. The predicted octanol–water partition coefficient (Wildman–Crippen LogP) is 4.01. The molecule has 2 aromatic carbocycles. The Morgan fingerprint density at radius 1 is 1.14 bits per heavy atom. The van der Waals surface area contributed by atoms with Gasteiger partial charge in [0.1, 0.15) is 0 Å². The van der Waals surface area contributed by atoms with Crippen molar-refractivity contribution in [2.45, 2.75) is 57.5 Å². The summed E-state index contributed by atoms with van der Waals surface area (Å²) in [5, 5.41) is 23.2. The number of nitrogens with two attached hydrogens (primary N) is 1. The summed E-state index contributed by atoms with van der Waals surface area (Å²) in [6.07, 6.45) is 5.85. The first-order chi connectivity index (χ1) is 21.4. The van der Waals surface area contributed by atoms with E-state index in [1.54, 1.807) is 11.7 Å². The van der Waals surface area contributed by atoms with Crippen molar-refractivity contribution in [2.24, 2.45) is 11.7 Å². The molecule has 238 valence electrons. The lowest BCUT2D eigenvalue weighted by Gasteiger charge is -2.30. The molecule has 4 N–H and O–H groups in total. The molecule has 1 amide bonds. The number of nitrogens with zero attached hydrogens (tertiary/aromatic N) is 3. The van der Waals surface area contributed by atoms with Crippen LogP contribution in [-0.2, 0) is 16.1 Å². The average molecular weight is 609 g/mol. The van der Waals surface area contributed by atoms with Gasteiger partial charge in [0.15, 0.2) is 17.4 Å². The Bertz CT molecular complexity index is 1460. The third-order valence-corrected chi connectivity index (χ3v) is 8.93. The number of unbranched alkanes of at least 4 members (excludes halogenated alkanes) is 2. The minimum Gasteiger partial charge on any atom is -0.494 e. The highest BCUT2D eigenvalue weighted by Crippen LogP contribution is 2.47. The average Bonchev–Trinajstić information content (AvgIpc) is 3.73. The molecule has 2 aliphatic heterocycles. The standard InChI is InChI=1S/C33H44N4O7/c1-3-4-13-35(14-8-7-12-34)29(38)20-37-19-25(23-16-27(42-2)31-28(17-23)43-21-44-31)30(33(40)41)26(37)11-15-36-18-22-9-5-6-10-24(22)32(36)39/h5-6,9-10,16-18,25-26,30,39H,3-4,7-8,11-15,19-21,34H2,1-2H3,(H,40,41)/t25-,26+,30?/m1/s1. The van der Waals surface area contributed by atoms with Crippen LogP contribution in [0.4, 0.5) is 0 Å². The van der Waals surface area contributed by atoms with E-state index >= 15 is 0 Å². The minimum atomic E-state index is -0.931. The van der Waals surface area contributed by atoms with Crippen LogP contribution in [0, 0.1) is 5.92 Å². The summed E-state index contributed by atoms with van der Waals surface area (Å²) in [4.78, 5) is 30.7. The molecule has 11 heteroatoms. The lowest BCUT2D eigenvalue weighted by atomic mass is 9.84. The van der Waals surface area contributed by atoms with Gasteiger partial charge in [-0.2, -0.15) is 0 Å². The zero-order chi connectivity index (χ0) is 31.2. The zero-order valence-electron chi connectivity index (χ0n) is 25.6. The molecule has 0 saturated carbocycles. The number of carbonyl (C=O) groups is 2. The molecule has 5 rings (SSSR count). The highest BCUT2D eigenvalue weighted by molar-refractivity contribution is 5.87. The molecule has 11 nitrogen and oxygen atoms in total. The van der Waals surface area contributed by atoms with Crippen molar-refractivity contribution in [3.63, 3.8) is 0 Å². The Balaban J connectivity index is 1.45. The number of aromatic hydroxyl groups is 1. The van der Waals surface area contributed by atoms with E-state index in [4.69, 9.17) is 19.9 Å². The Hall–Kier alpha value is -3.96. The number of fused-ring (bicyclic) bond motifs is 2. The van der Waals surface area contributed by atoms with Crippen LogP contribution in [-0.4, -0.2) is 89.1 Å². The molecule has 1 fully saturated rings. The van der Waals surface area contributed by atoms with E-state index in [2.05, 4.69) is 6.92 Å². The molecule has 0 spiro atoms. The SMILES string of the molecule is CCCCN(CCCCN)C(=O)CN1C[C@H](c2cc(OC)c3c(c2)OCO3)C(C(=O)O)[C@@H]1CCn1cc2ccccc2c1O. The molecule has 1 unspecified atom stereocenters. The molecule has 1 saturated heterocycles. The van der Waals surface area contributed by atoms with Crippen LogP contribution in [0.2, 0.25) is 0 Å². The molecule has 2 aliphatic rings. The van der Waals surface area contributed by atoms with Crippen LogP contribution in [0.5, 0.6) is 23.1 Å². The van der Waals surface area contributed by atoms with Gasteiger partial charge in [0.05, 0.1) is 19.6 Å². The lowest BCUT2D eigenvalue weighted by Crippen LogP contribution is -2.45. The number of amides is 1. The molecule has 0 bridgehead atoms. The van der Waals surface area contributed by atoms with Crippen molar-refractivity contribution in [1.29, 1.82) is 0 Å². The van der Waals surface area contributed by atoms with Crippen LogP contribution >= 0.6 is 0 Å². The molecule has 3 aromatic rings. The Kier molecular flexibility index (Phi) is 10.2. The van der Waals surface area contributed by atoms with Gasteiger partial charge in [-0.1, -0.05) is 31.5 Å². The van der Waals surface area contributed by atoms with Crippen molar-refractivity contribution < 1.29 is 34.0 Å². The van der Waals surface area contributed by atoms with E-state index in [-0.39, 0.29) is 25.1 Å². The number of ether oxygens (including phenoxy) is 3. The van der Waals surface area contributed by atoms with Crippen molar-refractivity contribution >= 4 is 22.6 Å². The van der Waals surface area contributed by atoms with Crippen LogP contribution < -0.4 is 19.9 Å². The van der Waals surface area contributed by atoms with Crippen LogP contribution in [0.1, 0.15) is 50.5 Å². The fourth-order valence-electron chi connectivity index (χ4n) is 6.62. The molecular weight excluding hydrogens is 564 g/mol. The predicted molar refractivity (Wildman–Crippen MR) is 166 cm³/mol. The maximum atomic E-state index is 13.8. The summed E-state index contributed by atoms with van der Waals surface area (Å²) in [7, 11) is 1.54. The van der Waals surface area contributed by atoms with Crippen LogP contribution in [0.3, 0.4) is 0 Å². The monoisotopic (exact) mass is 608 g/mol. The lowest BCUT2D eigenvalue weighted by molar-refractivity contribution is -0.144. The second-order valence-corrected chi connectivity index (χ2v) is 11.7. The Morgan fingerprint density at radius 3 is 2.66 bits per heavy atom. The van der Waals surface area contributed by atoms with E-state index < -0.39 is 23.8 Å². The normalized spacial score (nSPS) is 19.5. The fourth-order valence-corrected chi connectivity index (χ4v) is 6.62. The number of likely N-dealkylation sites (tertiary alicyclic amines) is 1. The first-order valence-corrected chi connectivity index (χ1v) is 15.5. The van der Waals surface area contributed by atoms with Crippen molar-refractivity contribution in [1.82, 2.24) is 14.4 Å². The molecule has 44 heavy (non-hydrogen) atoms.